The highest BCUT2D eigenvalue weighted by atomic mass is 16.5. The summed E-state index contributed by atoms with van der Waals surface area (Å²) >= 11 is 0. The standard InChI is InChI=1S/C7H10O3/c1-3-10-7(9)5-4-6(2)8/h4-5H,3H2,1-2H3/b5-4-. The number of esters is 1. The van der Waals surface area contributed by atoms with Gasteiger partial charge in [-0.05, 0) is 19.9 Å². The van der Waals surface area contributed by atoms with Crippen molar-refractivity contribution in [2.45, 2.75) is 13.8 Å². The molecule has 0 bridgehead atoms. The van der Waals surface area contributed by atoms with Crippen LogP contribution in [0.15, 0.2) is 12.2 Å². The van der Waals surface area contributed by atoms with Crippen LogP contribution in [0.3, 0.4) is 0 Å². The molecular weight excluding hydrogens is 132 g/mol. The second kappa shape index (κ2) is 4.73. The molecule has 0 spiro atoms. The van der Waals surface area contributed by atoms with Crippen LogP contribution in [0.25, 0.3) is 0 Å². The van der Waals surface area contributed by atoms with E-state index in [1.165, 1.54) is 13.0 Å². The van der Waals surface area contributed by atoms with E-state index in [2.05, 4.69) is 4.74 Å². The Balaban J connectivity index is 3.67. The van der Waals surface area contributed by atoms with Crippen molar-refractivity contribution in [1.29, 1.82) is 0 Å². The molecule has 3 heteroatoms. The highest BCUT2D eigenvalue weighted by Crippen LogP contribution is 1.81. The third-order valence-electron chi connectivity index (χ3n) is 0.741. The average molecular weight is 142 g/mol. The molecule has 0 saturated carbocycles. The van der Waals surface area contributed by atoms with Crippen LogP contribution in [0.4, 0.5) is 0 Å². The summed E-state index contributed by atoms with van der Waals surface area (Å²) in [4.78, 5) is 20.7. The maximum Gasteiger partial charge on any atom is 0.330 e. The Bertz CT molecular complexity index is 158. The summed E-state index contributed by atoms with van der Waals surface area (Å²) in [5.41, 5.74) is 0. The topological polar surface area (TPSA) is 43.4 Å². The molecule has 0 heterocycles. The highest BCUT2D eigenvalue weighted by molar-refractivity contribution is 5.94. The molecule has 0 saturated heterocycles. The van der Waals surface area contributed by atoms with E-state index in [4.69, 9.17) is 0 Å². The monoisotopic (exact) mass is 142 g/mol. The molecule has 0 aromatic carbocycles. The van der Waals surface area contributed by atoms with Crippen LogP contribution < -0.4 is 0 Å². The summed E-state index contributed by atoms with van der Waals surface area (Å²) in [6, 6.07) is 0. The summed E-state index contributed by atoms with van der Waals surface area (Å²) in [6.07, 6.45) is 2.30. The van der Waals surface area contributed by atoms with Gasteiger partial charge in [-0.3, -0.25) is 4.79 Å². The zero-order valence-corrected chi connectivity index (χ0v) is 6.09. The molecule has 0 atom stereocenters. The smallest absolute Gasteiger partial charge is 0.330 e. The van der Waals surface area contributed by atoms with E-state index < -0.39 is 5.97 Å². The molecule has 0 radical (unpaired) electrons. The quantitative estimate of drug-likeness (QED) is 0.430. The Kier molecular flexibility index (Phi) is 4.20. The van der Waals surface area contributed by atoms with Crippen LogP contribution in [-0.4, -0.2) is 18.4 Å². The molecule has 10 heavy (non-hydrogen) atoms. The number of ether oxygens (including phenoxy) is 1. The lowest BCUT2D eigenvalue weighted by atomic mass is 10.4. The summed E-state index contributed by atoms with van der Waals surface area (Å²) in [6.45, 7) is 3.41. The maximum absolute atomic E-state index is 10.5. The first kappa shape index (κ1) is 8.88. The van der Waals surface area contributed by atoms with Crippen molar-refractivity contribution in [3.63, 3.8) is 0 Å². The molecule has 0 N–H and O–H groups in total. The van der Waals surface area contributed by atoms with E-state index in [1.807, 2.05) is 0 Å². The number of hydrogen-bond acceptors (Lipinski definition) is 3. The largest absolute Gasteiger partial charge is 0.463 e. The van der Waals surface area contributed by atoms with E-state index in [0.717, 1.165) is 6.08 Å². The summed E-state index contributed by atoms with van der Waals surface area (Å²) in [7, 11) is 0. The average Bonchev–Trinajstić information content (AvgIpc) is 1.85. The van der Waals surface area contributed by atoms with Crippen LogP contribution >= 0.6 is 0 Å². The van der Waals surface area contributed by atoms with Crippen LogP contribution in [-0.2, 0) is 14.3 Å². The molecule has 0 aromatic heterocycles. The fraction of sp³-hybridized carbons (Fsp3) is 0.429. The lowest BCUT2D eigenvalue weighted by Gasteiger charge is -1.92. The van der Waals surface area contributed by atoms with Gasteiger partial charge in [-0.2, -0.15) is 0 Å². The summed E-state index contributed by atoms with van der Waals surface area (Å²) < 4.78 is 4.51. The van der Waals surface area contributed by atoms with E-state index in [0.29, 0.717) is 6.61 Å². The fourth-order valence-electron chi connectivity index (χ4n) is 0.376. The molecule has 0 amide bonds. The maximum atomic E-state index is 10.5. The number of ketones is 1. The predicted octanol–water partition coefficient (Wildman–Crippen LogP) is 0.695. The summed E-state index contributed by atoms with van der Waals surface area (Å²) in [5, 5.41) is 0. The van der Waals surface area contributed by atoms with Gasteiger partial charge in [0.15, 0.2) is 5.78 Å². The number of allylic oxidation sites excluding steroid dienone is 1. The van der Waals surface area contributed by atoms with Crippen molar-refractivity contribution < 1.29 is 14.3 Å². The Morgan fingerprint density at radius 1 is 1.40 bits per heavy atom. The van der Waals surface area contributed by atoms with Crippen molar-refractivity contribution >= 4 is 11.8 Å². The van der Waals surface area contributed by atoms with E-state index in [-0.39, 0.29) is 5.78 Å². The molecule has 0 aliphatic heterocycles. The second-order valence-electron chi connectivity index (χ2n) is 1.70. The number of hydrogen-bond donors (Lipinski definition) is 0. The minimum atomic E-state index is -0.474. The first-order chi connectivity index (χ1) is 4.66. The zero-order chi connectivity index (χ0) is 7.98. The molecular formula is C7H10O3. The second-order valence-corrected chi connectivity index (χ2v) is 1.70. The van der Waals surface area contributed by atoms with Crippen LogP contribution in [0.2, 0.25) is 0 Å². The van der Waals surface area contributed by atoms with E-state index in [1.54, 1.807) is 6.92 Å². The van der Waals surface area contributed by atoms with Crippen LogP contribution in [0, 0.1) is 0 Å². The van der Waals surface area contributed by atoms with Crippen molar-refractivity contribution in [1.82, 2.24) is 0 Å². The fourth-order valence-corrected chi connectivity index (χ4v) is 0.376. The molecule has 3 nitrogen and oxygen atoms in total. The van der Waals surface area contributed by atoms with Crippen LogP contribution in [0.5, 0.6) is 0 Å². The van der Waals surface area contributed by atoms with E-state index >= 15 is 0 Å². The Labute approximate surface area is 59.7 Å². The summed E-state index contributed by atoms with van der Waals surface area (Å²) in [5.74, 6) is -0.634. The lowest BCUT2D eigenvalue weighted by molar-refractivity contribution is -0.137. The molecule has 0 rings (SSSR count). The third-order valence-corrected chi connectivity index (χ3v) is 0.741. The number of rotatable bonds is 3. The van der Waals surface area contributed by atoms with Gasteiger partial charge in [-0.25, -0.2) is 4.79 Å². The van der Waals surface area contributed by atoms with Gasteiger partial charge < -0.3 is 4.74 Å². The first-order valence-corrected chi connectivity index (χ1v) is 3.02. The molecule has 0 unspecified atom stereocenters. The van der Waals surface area contributed by atoms with Gasteiger partial charge in [0.1, 0.15) is 0 Å². The van der Waals surface area contributed by atoms with Crippen molar-refractivity contribution in [2.75, 3.05) is 6.61 Å². The molecule has 0 fully saturated rings. The van der Waals surface area contributed by atoms with Gasteiger partial charge in [0.05, 0.1) is 6.61 Å². The van der Waals surface area contributed by atoms with E-state index in [9.17, 15) is 9.59 Å². The normalized spacial score (nSPS) is 9.80. The van der Waals surface area contributed by atoms with Crippen molar-refractivity contribution in [3.05, 3.63) is 12.2 Å². The predicted molar refractivity (Wildman–Crippen MR) is 36.5 cm³/mol. The number of carbonyl (C=O) groups excluding carboxylic acids is 2. The Hall–Kier alpha value is -1.12. The van der Waals surface area contributed by atoms with Crippen molar-refractivity contribution in [3.8, 4) is 0 Å². The van der Waals surface area contributed by atoms with Crippen molar-refractivity contribution in [2.24, 2.45) is 0 Å². The van der Waals surface area contributed by atoms with Gasteiger partial charge in [0.25, 0.3) is 0 Å². The minimum absolute atomic E-state index is 0.159. The minimum Gasteiger partial charge on any atom is -0.463 e. The molecule has 0 aliphatic carbocycles. The molecule has 0 aromatic rings. The van der Waals surface area contributed by atoms with Gasteiger partial charge in [0.2, 0.25) is 0 Å². The highest BCUT2D eigenvalue weighted by Gasteiger charge is 1.92. The lowest BCUT2D eigenvalue weighted by Crippen LogP contribution is -1.99. The van der Waals surface area contributed by atoms with Gasteiger partial charge in [-0.1, -0.05) is 0 Å². The van der Waals surface area contributed by atoms with Crippen LogP contribution in [0.1, 0.15) is 13.8 Å². The SMILES string of the molecule is CCOC(=O)/C=C\C(C)=O. The zero-order valence-electron chi connectivity index (χ0n) is 6.09. The van der Waals surface area contributed by atoms with Gasteiger partial charge in [0, 0.05) is 6.08 Å². The van der Waals surface area contributed by atoms with Gasteiger partial charge >= 0.3 is 5.97 Å². The van der Waals surface area contributed by atoms with Gasteiger partial charge in [-0.15, -0.1) is 0 Å². The Morgan fingerprint density at radius 3 is 2.40 bits per heavy atom. The third kappa shape index (κ3) is 5.03. The molecule has 0 aliphatic rings. The molecule has 56 valence electrons. The first-order valence-electron chi connectivity index (χ1n) is 3.02. The Morgan fingerprint density at radius 2 is 2.00 bits per heavy atom. The number of carbonyl (C=O) groups is 2.